The number of rotatable bonds is 6. The number of aryl methyl sites for hydroxylation is 2. The molecule has 1 amide bonds. The van der Waals surface area contributed by atoms with Crippen LogP contribution in [0, 0.1) is 18.3 Å². The van der Waals surface area contributed by atoms with Crippen LogP contribution >= 0.6 is 11.8 Å². The number of benzene rings is 1. The number of carbonyl (C=O) groups is 2. The first kappa shape index (κ1) is 22.3. The molecule has 0 unspecified atom stereocenters. The van der Waals surface area contributed by atoms with Crippen LogP contribution in [0.15, 0.2) is 23.0 Å². The molecule has 0 bridgehead atoms. The van der Waals surface area contributed by atoms with Crippen LogP contribution in [0.1, 0.15) is 40.2 Å². The summed E-state index contributed by atoms with van der Waals surface area (Å²) in [5.74, 6) is 0.508. The summed E-state index contributed by atoms with van der Waals surface area (Å²) in [5, 5.41) is 2.83. The normalized spacial score (nSPS) is 13.1. The number of thioether (sulfide) groups is 1. The van der Waals surface area contributed by atoms with E-state index >= 15 is 0 Å². The Balaban J connectivity index is 2.56. The zero-order chi connectivity index (χ0) is 21.2. The minimum atomic E-state index is -0.679. The van der Waals surface area contributed by atoms with Crippen molar-refractivity contribution in [2.24, 2.45) is 11.3 Å². The Morgan fingerprint density at radius 1 is 1.21 bits per heavy atom. The number of carbonyl (C=O) groups excluding carboxylic acids is 2. The molecule has 0 aliphatic rings. The monoisotopic (exact) mass is 405 g/mol. The molecule has 154 valence electrons. The summed E-state index contributed by atoms with van der Waals surface area (Å²) in [6.45, 7) is 11.8. The predicted molar refractivity (Wildman–Crippen MR) is 116 cm³/mol. The lowest BCUT2D eigenvalue weighted by Crippen LogP contribution is -2.53. The second-order valence-electron chi connectivity index (χ2n) is 8.51. The topological polar surface area (TPSA) is 73.1 Å². The molecule has 1 heterocycles. The van der Waals surface area contributed by atoms with Crippen molar-refractivity contribution in [3.05, 3.63) is 34.2 Å². The molecule has 1 atom stereocenters. The van der Waals surface area contributed by atoms with Gasteiger partial charge in [0, 0.05) is 18.2 Å². The number of hydrogen-bond donors (Lipinski definition) is 1. The first-order valence-corrected chi connectivity index (χ1v) is 10.9. The number of hydrogen-bond acceptors (Lipinski definition) is 4. The van der Waals surface area contributed by atoms with Gasteiger partial charge in [0.25, 0.3) is 0 Å². The van der Waals surface area contributed by atoms with Crippen LogP contribution in [0.2, 0.25) is 0 Å². The maximum atomic E-state index is 13.1. The van der Waals surface area contributed by atoms with Gasteiger partial charge in [-0.3, -0.25) is 9.36 Å². The molecule has 2 aromatic rings. The second-order valence-corrected chi connectivity index (χ2v) is 9.50. The lowest BCUT2D eigenvalue weighted by molar-refractivity contribution is -0.126. The van der Waals surface area contributed by atoms with E-state index in [-0.39, 0.29) is 17.4 Å². The second kappa shape index (κ2) is 8.55. The summed E-state index contributed by atoms with van der Waals surface area (Å²) in [6.07, 6.45) is 1.98. The SMILES string of the molecule is CSCCn1c(=O)n(C(=O)N[C@H](C(=O)C(C)C)C(C)(C)C)c2cccc(C)c21. The lowest BCUT2D eigenvalue weighted by atomic mass is 9.81. The highest BCUT2D eigenvalue weighted by molar-refractivity contribution is 7.98. The highest BCUT2D eigenvalue weighted by Crippen LogP contribution is 2.23. The predicted octanol–water partition coefficient (Wildman–Crippen LogP) is 3.67. The molecule has 2 rings (SSSR count). The van der Waals surface area contributed by atoms with E-state index in [1.165, 1.54) is 0 Å². The van der Waals surface area contributed by atoms with Crippen LogP contribution in [0.4, 0.5) is 4.79 Å². The zero-order valence-corrected chi connectivity index (χ0v) is 18.6. The Hall–Kier alpha value is -2.02. The molecular weight excluding hydrogens is 374 g/mol. The molecule has 0 saturated carbocycles. The average molecular weight is 406 g/mol. The molecule has 6 nitrogen and oxygen atoms in total. The number of fused-ring (bicyclic) bond motifs is 1. The van der Waals surface area contributed by atoms with Crippen LogP contribution < -0.4 is 11.0 Å². The molecule has 0 aliphatic carbocycles. The molecular formula is C21H31N3O3S. The van der Waals surface area contributed by atoms with Gasteiger partial charge in [0.1, 0.15) is 0 Å². The van der Waals surface area contributed by atoms with E-state index in [9.17, 15) is 14.4 Å². The molecule has 1 aromatic heterocycles. The van der Waals surface area contributed by atoms with E-state index in [4.69, 9.17) is 0 Å². The third-order valence-electron chi connectivity index (χ3n) is 4.86. The summed E-state index contributed by atoms with van der Waals surface area (Å²) in [7, 11) is 0. The van der Waals surface area contributed by atoms with Gasteiger partial charge in [0.15, 0.2) is 5.78 Å². The maximum Gasteiger partial charge on any atom is 0.337 e. The molecule has 0 aliphatic heterocycles. The third kappa shape index (κ3) is 4.35. The van der Waals surface area contributed by atoms with Crippen molar-refractivity contribution in [3.63, 3.8) is 0 Å². The van der Waals surface area contributed by atoms with Gasteiger partial charge >= 0.3 is 11.7 Å². The number of ketones is 1. The van der Waals surface area contributed by atoms with Crippen molar-refractivity contribution in [1.29, 1.82) is 0 Å². The van der Waals surface area contributed by atoms with Crippen molar-refractivity contribution in [2.45, 2.75) is 54.1 Å². The van der Waals surface area contributed by atoms with Crippen LogP contribution in [0.25, 0.3) is 11.0 Å². The fourth-order valence-corrected chi connectivity index (χ4v) is 3.68. The Morgan fingerprint density at radius 2 is 1.86 bits per heavy atom. The fourth-order valence-electron chi connectivity index (χ4n) is 3.32. The first-order chi connectivity index (χ1) is 13.0. The molecule has 7 heteroatoms. The van der Waals surface area contributed by atoms with Crippen molar-refractivity contribution < 1.29 is 9.59 Å². The highest BCUT2D eigenvalue weighted by atomic mass is 32.2. The number of aromatic nitrogens is 2. The summed E-state index contributed by atoms with van der Waals surface area (Å²) in [4.78, 5) is 38.9. The largest absolute Gasteiger partial charge is 0.337 e. The van der Waals surface area contributed by atoms with Gasteiger partial charge in [0.2, 0.25) is 0 Å². The smallest absolute Gasteiger partial charge is 0.327 e. The number of imidazole rings is 1. The minimum absolute atomic E-state index is 0.0452. The molecule has 0 fully saturated rings. The summed E-state index contributed by atoms with van der Waals surface area (Å²) < 4.78 is 2.81. The maximum absolute atomic E-state index is 13.1. The van der Waals surface area contributed by atoms with E-state index < -0.39 is 17.5 Å². The van der Waals surface area contributed by atoms with Crippen molar-refractivity contribution >= 4 is 34.6 Å². The van der Waals surface area contributed by atoms with Gasteiger partial charge in [-0.25, -0.2) is 14.2 Å². The van der Waals surface area contributed by atoms with E-state index in [0.717, 1.165) is 21.4 Å². The standard InChI is InChI=1S/C21H31N3O3S/c1-13(2)17(25)18(21(4,5)6)22-19(26)24-15-10-8-9-14(3)16(15)23(20(24)27)11-12-28-7/h8-10,13,18H,11-12H2,1-7H3,(H,22,26)/t18-/m1/s1. The van der Waals surface area contributed by atoms with Crippen molar-refractivity contribution in [1.82, 2.24) is 14.5 Å². The third-order valence-corrected chi connectivity index (χ3v) is 5.45. The molecule has 28 heavy (non-hydrogen) atoms. The number of nitrogens with one attached hydrogen (secondary N) is 1. The fraction of sp³-hybridized carbons (Fsp3) is 0.571. The van der Waals surface area contributed by atoms with Crippen molar-refractivity contribution in [2.75, 3.05) is 12.0 Å². The lowest BCUT2D eigenvalue weighted by Gasteiger charge is -2.31. The Bertz CT molecular complexity index is 935. The van der Waals surface area contributed by atoms with Gasteiger partial charge < -0.3 is 5.32 Å². The molecule has 0 radical (unpaired) electrons. The van der Waals surface area contributed by atoms with Crippen LogP contribution in [0.5, 0.6) is 0 Å². The van der Waals surface area contributed by atoms with Gasteiger partial charge in [-0.15, -0.1) is 0 Å². The average Bonchev–Trinajstić information content (AvgIpc) is 2.88. The number of para-hydroxylation sites is 1. The molecule has 1 aromatic carbocycles. The van der Waals surface area contributed by atoms with E-state index in [1.807, 2.05) is 59.9 Å². The summed E-state index contributed by atoms with van der Waals surface area (Å²) in [5.41, 5.74) is 1.43. The Kier molecular flexibility index (Phi) is 6.80. The van der Waals surface area contributed by atoms with E-state index in [0.29, 0.717) is 12.1 Å². The van der Waals surface area contributed by atoms with Crippen LogP contribution in [0.3, 0.4) is 0 Å². The van der Waals surface area contributed by atoms with Crippen LogP contribution in [-0.4, -0.2) is 39.0 Å². The Morgan fingerprint density at radius 3 is 2.39 bits per heavy atom. The van der Waals surface area contributed by atoms with E-state index in [2.05, 4.69) is 5.32 Å². The Labute approximate surface area is 170 Å². The number of amides is 1. The van der Waals surface area contributed by atoms with E-state index in [1.54, 1.807) is 22.4 Å². The number of nitrogens with zero attached hydrogens (tertiary/aromatic N) is 2. The summed E-state index contributed by atoms with van der Waals surface area (Å²) in [6, 6.07) is 4.30. The van der Waals surface area contributed by atoms with Crippen LogP contribution in [-0.2, 0) is 11.3 Å². The molecule has 1 N–H and O–H groups in total. The zero-order valence-electron chi connectivity index (χ0n) is 17.8. The molecule has 0 saturated heterocycles. The first-order valence-electron chi connectivity index (χ1n) is 9.55. The quantitative estimate of drug-likeness (QED) is 0.796. The van der Waals surface area contributed by atoms with Gasteiger partial charge in [-0.2, -0.15) is 11.8 Å². The molecule has 0 spiro atoms. The minimum Gasteiger partial charge on any atom is -0.327 e. The van der Waals surface area contributed by atoms with Gasteiger partial charge in [0.05, 0.1) is 17.1 Å². The highest BCUT2D eigenvalue weighted by Gasteiger charge is 2.35. The van der Waals surface area contributed by atoms with Gasteiger partial charge in [-0.05, 0) is 30.2 Å². The van der Waals surface area contributed by atoms with Crippen molar-refractivity contribution in [3.8, 4) is 0 Å². The summed E-state index contributed by atoms with van der Waals surface area (Å²) >= 11 is 1.64. The van der Waals surface area contributed by atoms with Gasteiger partial charge in [-0.1, -0.05) is 46.8 Å². The number of Topliss-reactive ketones (excluding diaryl/α,β-unsaturated/α-hetero) is 1.